The van der Waals surface area contributed by atoms with Crippen LogP contribution in [0, 0.1) is 25.2 Å². The molecule has 5 aliphatic rings. The number of phenolic OH excluding ortho intramolecular Hbond substituents is 1. The maximum atomic E-state index is 13.3. The SMILES string of the molecule is COc1c(C)cc2c(c1O)[C@@H]1N[C@H](C2)[C@H](C#N)N2C1[C@@H]1SC[C@@H](OC(C)=O)C(=O)OC[C@H]2c2c3c(c(C)c(OC(C)=O)c21)OCO3. The van der Waals surface area contributed by atoms with Crippen molar-refractivity contribution in [3.8, 4) is 34.8 Å². The molecule has 0 saturated carbocycles. The topological polar surface area (TPSA) is 166 Å². The van der Waals surface area contributed by atoms with E-state index in [-0.39, 0.29) is 30.9 Å². The number of aromatic hydroxyl groups is 1. The molecule has 13 nitrogen and oxygen atoms in total. The first kappa shape index (κ1) is 30.5. The average Bonchev–Trinajstić information content (AvgIpc) is 3.50. The second-order valence-electron chi connectivity index (χ2n) is 12.1. The average molecular weight is 652 g/mol. The summed E-state index contributed by atoms with van der Waals surface area (Å²) in [5.41, 5.74) is 4.12. The van der Waals surface area contributed by atoms with Crippen LogP contribution in [-0.2, 0) is 30.3 Å². The smallest absolute Gasteiger partial charge is 0.348 e. The number of piperazine rings is 1. The zero-order valence-corrected chi connectivity index (χ0v) is 26.7. The van der Waals surface area contributed by atoms with Gasteiger partial charge in [0.2, 0.25) is 12.9 Å². The predicted octanol–water partition coefficient (Wildman–Crippen LogP) is 2.82. The number of carbonyl (C=O) groups excluding carboxylic acids is 3. The van der Waals surface area contributed by atoms with Crippen LogP contribution in [0.4, 0.5) is 0 Å². The van der Waals surface area contributed by atoms with Gasteiger partial charge in [-0.25, -0.2) is 4.79 Å². The number of fused-ring (bicyclic) bond motifs is 9. The number of benzene rings is 2. The lowest BCUT2D eigenvalue weighted by atomic mass is 9.72. The molecule has 7 atom stereocenters. The zero-order valence-electron chi connectivity index (χ0n) is 25.9. The van der Waals surface area contributed by atoms with Gasteiger partial charge in [0.25, 0.3) is 0 Å². The number of ether oxygens (including phenoxy) is 6. The fourth-order valence-electron chi connectivity index (χ4n) is 7.84. The maximum Gasteiger partial charge on any atom is 0.348 e. The van der Waals surface area contributed by atoms with E-state index in [0.717, 1.165) is 11.1 Å². The van der Waals surface area contributed by atoms with E-state index in [1.165, 1.54) is 32.7 Å². The van der Waals surface area contributed by atoms with Gasteiger partial charge in [-0.1, -0.05) is 6.07 Å². The van der Waals surface area contributed by atoms with Gasteiger partial charge in [-0.2, -0.15) is 5.26 Å². The van der Waals surface area contributed by atoms with Crippen molar-refractivity contribution < 1.29 is 47.9 Å². The predicted molar refractivity (Wildman–Crippen MR) is 161 cm³/mol. The number of phenols is 1. The Morgan fingerprint density at radius 2 is 1.87 bits per heavy atom. The number of methoxy groups -OCH3 is 1. The molecule has 0 amide bonds. The number of thioether (sulfide) groups is 1. The molecule has 4 bridgehead atoms. The van der Waals surface area contributed by atoms with Gasteiger partial charge >= 0.3 is 17.9 Å². The van der Waals surface area contributed by atoms with Crippen LogP contribution < -0.4 is 24.3 Å². The lowest BCUT2D eigenvalue weighted by Gasteiger charge is -2.59. The molecule has 2 aromatic carbocycles. The van der Waals surface area contributed by atoms with E-state index in [1.54, 1.807) is 6.92 Å². The van der Waals surface area contributed by atoms with Crippen LogP contribution in [0.3, 0.4) is 0 Å². The first-order valence-electron chi connectivity index (χ1n) is 15.0. The van der Waals surface area contributed by atoms with Crippen molar-refractivity contribution in [2.45, 2.75) is 75.7 Å². The summed E-state index contributed by atoms with van der Waals surface area (Å²) in [6.07, 6.45) is -0.737. The Hall–Kier alpha value is -4.19. The maximum absolute atomic E-state index is 13.3. The van der Waals surface area contributed by atoms with E-state index in [4.69, 9.17) is 28.4 Å². The van der Waals surface area contributed by atoms with Crippen molar-refractivity contribution in [1.29, 1.82) is 5.26 Å². The van der Waals surface area contributed by atoms with Crippen molar-refractivity contribution in [1.82, 2.24) is 10.2 Å². The van der Waals surface area contributed by atoms with Crippen LogP contribution in [0.5, 0.6) is 28.7 Å². The number of nitrogens with zero attached hydrogens (tertiary/aromatic N) is 2. The minimum atomic E-state index is -1.20. The summed E-state index contributed by atoms with van der Waals surface area (Å²) in [5.74, 6) is -0.366. The van der Waals surface area contributed by atoms with Gasteiger partial charge in [0.15, 0.2) is 23.0 Å². The number of nitrogens with one attached hydrogen (secondary N) is 1. The van der Waals surface area contributed by atoms with Crippen LogP contribution in [-0.4, -0.2) is 78.4 Å². The van der Waals surface area contributed by atoms with Gasteiger partial charge in [-0.15, -0.1) is 11.8 Å². The molecular weight excluding hydrogens is 618 g/mol. The fraction of sp³-hybridized carbons (Fsp3) is 0.500. The Morgan fingerprint density at radius 3 is 2.57 bits per heavy atom. The molecule has 0 radical (unpaired) electrons. The monoisotopic (exact) mass is 651 g/mol. The highest BCUT2D eigenvalue weighted by Crippen LogP contribution is 2.62. The lowest BCUT2D eigenvalue weighted by Crippen LogP contribution is -2.69. The minimum Gasteiger partial charge on any atom is -0.504 e. The molecule has 2 aromatic rings. The largest absolute Gasteiger partial charge is 0.504 e. The molecule has 5 heterocycles. The first-order valence-corrected chi connectivity index (χ1v) is 16.0. The van der Waals surface area contributed by atoms with E-state index in [9.17, 15) is 24.8 Å². The molecule has 0 aliphatic carbocycles. The van der Waals surface area contributed by atoms with E-state index >= 15 is 0 Å². The van der Waals surface area contributed by atoms with Crippen molar-refractivity contribution in [3.05, 3.63) is 39.4 Å². The molecule has 2 N–H and O–H groups in total. The first-order chi connectivity index (χ1) is 22.0. The third-order valence-electron chi connectivity index (χ3n) is 9.42. The highest BCUT2D eigenvalue weighted by atomic mass is 32.2. The number of carbonyl (C=O) groups is 3. The second-order valence-corrected chi connectivity index (χ2v) is 13.2. The molecule has 2 saturated heterocycles. The number of aryl methyl sites for hydroxylation is 1. The van der Waals surface area contributed by atoms with Gasteiger partial charge in [-0.05, 0) is 31.4 Å². The standard InChI is InChI=1S/C32H33N3O10S/c1-12-6-16-7-17-18(8-33)35-19-9-41-32(39)20(44-14(3)36)10-46-31(25(35)24(34-17)21(16)26(38)27(12)40-5)23-22(19)30-29(42-11-43-30)13(2)28(23)45-15(4)37/h6,17-20,24-25,31,34,38H,7,9-11H2,1-5H3/t17-,18+,19+,20-,24+,25?,31-/m1/s1. The second kappa shape index (κ2) is 11.3. The van der Waals surface area contributed by atoms with Crippen LogP contribution in [0.25, 0.3) is 0 Å². The number of nitriles is 1. The summed E-state index contributed by atoms with van der Waals surface area (Å²) in [5, 5.41) is 25.5. The van der Waals surface area contributed by atoms with Crippen molar-refractivity contribution >= 4 is 29.7 Å². The molecule has 0 spiro atoms. The summed E-state index contributed by atoms with van der Waals surface area (Å²) in [4.78, 5) is 39.9. The Kier molecular flexibility index (Phi) is 7.45. The third kappa shape index (κ3) is 4.47. The lowest BCUT2D eigenvalue weighted by molar-refractivity contribution is -0.167. The molecule has 7 rings (SSSR count). The number of hydrogen-bond donors (Lipinski definition) is 2. The summed E-state index contributed by atoms with van der Waals surface area (Å²) in [7, 11) is 1.50. The van der Waals surface area contributed by atoms with E-state index in [2.05, 4.69) is 16.3 Å². The van der Waals surface area contributed by atoms with Crippen LogP contribution in [0.2, 0.25) is 0 Å². The molecule has 46 heavy (non-hydrogen) atoms. The molecule has 14 heteroatoms. The van der Waals surface area contributed by atoms with E-state index in [0.29, 0.717) is 51.7 Å². The molecule has 2 fully saturated rings. The quantitative estimate of drug-likeness (QED) is 0.367. The number of esters is 3. The molecule has 5 aliphatic heterocycles. The van der Waals surface area contributed by atoms with E-state index < -0.39 is 53.4 Å². The van der Waals surface area contributed by atoms with Gasteiger partial charge in [0, 0.05) is 53.9 Å². The Balaban J connectivity index is 1.52. The highest BCUT2D eigenvalue weighted by Gasteiger charge is 2.59. The number of hydrogen-bond acceptors (Lipinski definition) is 14. The van der Waals surface area contributed by atoms with Gasteiger partial charge < -0.3 is 38.8 Å². The van der Waals surface area contributed by atoms with Crippen molar-refractivity contribution in [2.75, 3.05) is 26.3 Å². The molecule has 0 aromatic heterocycles. The minimum absolute atomic E-state index is 0.00768. The number of cyclic esters (lactones) is 1. The summed E-state index contributed by atoms with van der Waals surface area (Å²) < 4.78 is 34.7. The highest BCUT2D eigenvalue weighted by molar-refractivity contribution is 7.99. The Labute approximate surface area is 269 Å². The summed E-state index contributed by atoms with van der Waals surface area (Å²) in [6.45, 7) is 5.90. The Bertz CT molecular complexity index is 1720. The van der Waals surface area contributed by atoms with Gasteiger partial charge in [-0.3, -0.25) is 14.5 Å². The van der Waals surface area contributed by atoms with Crippen LogP contribution in [0.1, 0.15) is 64.6 Å². The van der Waals surface area contributed by atoms with Crippen molar-refractivity contribution in [2.24, 2.45) is 0 Å². The number of rotatable bonds is 3. The molecular formula is C32H33N3O10S. The normalized spacial score (nSPS) is 29.0. The van der Waals surface area contributed by atoms with Crippen LogP contribution in [0.15, 0.2) is 6.07 Å². The third-order valence-corrected chi connectivity index (χ3v) is 10.8. The summed E-state index contributed by atoms with van der Waals surface area (Å²) in [6, 6.07) is 1.64. The summed E-state index contributed by atoms with van der Waals surface area (Å²) >= 11 is 1.32. The van der Waals surface area contributed by atoms with Gasteiger partial charge in [0.05, 0.1) is 30.5 Å². The fourth-order valence-corrected chi connectivity index (χ4v) is 9.32. The van der Waals surface area contributed by atoms with Crippen molar-refractivity contribution in [3.63, 3.8) is 0 Å². The van der Waals surface area contributed by atoms with Gasteiger partial charge in [0.1, 0.15) is 18.4 Å². The molecule has 1 unspecified atom stereocenters. The zero-order chi connectivity index (χ0) is 32.6. The molecule has 242 valence electrons. The van der Waals surface area contributed by atoms with E-state index in [1.807, 2.05) is 13.0 Å². The van der Waals surface area contributed by atoms with Crippen LogP contribution >= 0.6 is 11.8 Å². The Morgan fingerprint density at radius 1 is 1.11 bits per heavy atom.